The van der Waals surface area contributed by atoms with Gasteiger partial charge in [-0.25, -0.2) is 0 Å². The molecule has 4 atom stereocenters. The molecule has 1 saturated carbocycles. The third-order valence-corrected chi connectivity index (χ3v) is 10.8. The molecule has 13 nitrogen and oxygen atoms in total. The van der Waals surface area contributed by atoms with Crippen molar-refractivity contribution in [1.29, 1.82) is 0 Å². The van der Waals surface area contributed by atoms with E-state index in [4.69, 9.17) is 24.8 Å². The number of nitrogens with zero attached hydrogens (tertiary/aromatic N) is 2. The standard InChI is InChI=1S/C36H48N4O9/c1-35(2,3)25(16-24(41)13-22-9-11-46-12-10-22)34(45)40-19-36(17-27(39-49-36)23-7-8-29-30(15-23)48-20-47-29)18-28(40)33(44)38-26(31(42)32(37)43)14-21-5-4-6-21/h7-8,15,21-22,25-26,28H,4-6,9-14,16-20H2,1-3H3,(H2,37,43)(H,38,44)/t25-,26?,28+,36-/m1/s1. The van der Waals surface area contributed by atoms with E-state index in [0.717, 1.165) is 37.7 Å². The number of Topliss-reactive ketones (excluding diaryl/α,β-unsaturated/α-hetero) is 2. The van der Waals surface area contributed by atoms with Gasteiger partial charge in [-0.05, 0) is 54.7 Å². The molecule has 2 saturated heterocycles. The predicted molar refractivity (Wildman–Crippen MR) is 176 cm³/mol. The highest BCUT2D eigenvalue weighted by Gasteiger charge is 2.55. The number of carbonyl (C=O) groups is 5. The molecule has 49 heavy (non-hydrogen) atoms. The SMILES string of the molecule is CC(C)(C)[C@H](CC(=O)CC1CCOCC1)C(=O)N1C[C@@]2(CC(c3ccc4c(c3)OCO4)=NO2)C[C@H]1C(=O)NC(CC1CCC1)C(=O)C(N)=O. The second-order valence-corrected chi connectivity index (χ2v) is 15.5. The summed E-state index contributed by atoms with van der Waals surface area (Å²) >= 11 is 0. The molecule has 1 spiro atoms. The fourth-order valence-electron chi connectivity index (χ4n) is 7.64. The summed E-state index contributed by atoms with van der Waals surface area (Å²) in [6.45, 7) is 7.21. The fourth-order valence-corrected chi connectivity index (χ4v) is 7.64. The molecule has 5 aliphatic rings. The summed E-state index contributed by atoms with van der Waals surface area (Å²) in [6, 6.07) is 3.37. The van der Waals surface area contributed by atoms with Crippen LogP contribution in [0, 0.1) is 23.2 Å². The second-order valence-electron chi connectivity index (χ2n) is 15.5. The Morgan fingerprint density at radius 1 is 1.04 bits per heavy atom. The van der Waals surface area contributed by atoms with Gasteiger partial charge in [-0.15, -0.1) is 0 Å². The summed E-state index contributed by atoms with van der Waals surface area (Å²) in [5.41, 5.74) is 5.17. The number of fused-ring (bicyclic) bond motifs is 1. The summed E-state index contributed by atoms with van der Waals surface area (Å²) in [5, 5.41) is 7.19. The minimum atomic E-state index is -1.11. The van der Waals surface area contributed by atoms with Crippen molar-refractivity contribution >= 4 is 35.0 Å². The van der Waals surface area contributed by atoms with Crippen molar-refractivity contribution in [3.05, 3.63) is 23.8 Å². The lowest BCUT2D eigenvalue weighted by Gasteiger charge is -2.35. The van der Waals surface area contributed by atoms with E-state index in [-0.39, 0.29) is 49.7 Å². The molecule has 4 heterocycles. The van der Waals surface area contributed by atoms with Crippen LogP contribution in [0.2, 0.25) is 0 Å². The molecule has 1 aromatic carbocycles. The average molecular weight is 681 g/mol. The Kier molecular flexibility index (Phi) is 10.0. The van der Waals surface area contributed by atoms with Gasteiger partial charge in [0.25, 0.3) is 5.91 Å². The van der Waals surface area contributed by atoms with Gasteiger partial charge in [0.05, 0.1) is 18.3 Å². The van der Waals surface area contributed by atoms with Crippen molar-refractivity contribution in [2.24, 2.45) is 34.1 Å². The average Bonchev–Trinajstić information content (AvgIpc) is 3.78. The van der Waals surface area contributed by atoms with Gasteiger partial charge in [-0.3, -0.25) is 24.0 Å². The van der Waals surface area contributed by atoms with E-state index in [1.165, 1.54) is 4.90 Å². The first-order valence-corrected chi connectivity index (χ1v) is 17.5. The zero-order chi connectivity index (χ0) is 34.9. The van der Waals surface area contributed by atoms with Crippen LogP contribution in [0.25, 0.3) is 0 Å². The van der Waals surface area contributed by atoms with Gasteiger partial charge in [0, 0.05) is 50.4 Å². The number of nitrogens with one attached hydrogen (secondary N) is 1. The van der Waals surface area contributed by atoms with Crippen LogP contribution in [-0.4, -0.2) is 84.1 Å². The number of rotatable bonds is 12. The molecule has 1 aliphatic carbocycles. The quantitative estimate of drug-likeness (QED) is 0.314. The Labute approximate surface area is 286 Å². The molecule has 0 aromatic heterocycles. The Morgan fingerprint density at radius 2 is 1.78 bits per heavy atom. The first-order valence-electron chi connectivity index (χ1n) is 17.5. The molecular weight excluding hydrogens is 632 g/mol. The van der Waals surface area contributed by atoms with E-state index in [0.29, 0.717) is 49.7 Å². The molecular formula is C36H48N4O9. The summed E-state index contributed by atoms with van der Waals surface area (Å²) in [6.07, 6.45) is 5.60. The number of ketones is 2. The molecule has 3 N–H and O–H groups in total. The topological polar surface area (TPSA) is 176 Å². The number of hydrogen-bond donors (Lipinski definition) is 2. The molecule has 266 valence electrons. The van der Waals surface area contributed by atoms with E-state index >= 15 is 0 Å². The van der Waals surface area contributed by atoms with Crippen LogP contribution in [0.15, 0.2) is 23.4 Å². The van der Waals surface area contributed by atoms with Crippen LogP contribution in [0.5, 0.6) is 11.5 Å². The molecule has 0 bridgehead atoms. The molecule has 0 radical (unpaired) electrons. The van der Waals surface area contributed by atoms with Gasteiger partial charge in [0.2, 0.25) is 24.4 Å². The largest absolute Gasteiger partial charge is 0.454 e. The Bertz CT molecular complexity index is 1510. The minimum absolute atomic E-state index is 0.00764. The summed E-state index contributed by atoms with van der Waals surface area (Å²) in [5.74, 6) is -1.92. The number of ether oxygens (including phenoxy) is 3. The number of oxime groups is 1. The molecule has 3 fully saturated rings. The van der Waals surface area contributed by atoms with Crippen molar-refractivity contribution < 1.29 is 43.0 Å². The maximum absolute atomic E-state index is 14.6. The van der Waals surface area contributed by atoms with E-state index in [9.17, 15) is 24.0 Å². The number of primary amides is 1. The minimum Gasteiger partial charge on any atom is -0.454 e. The zero-order valence-corrected chi connectivity index (χ0v) is 28.7. The number of likely N-dealkylation sites (tertiary alicyclic amines) is 1. The lowest BCUT2D eigenvalue weighted by atomic mass is 9.75. The zero-order valence-electron chi connectivity index (χ0n) is 28.7. The van der Waals surface area contributed by atoms with Crippen molar-refractivity contribution in [3.63, 3.8) is 0 Å². The fraction of sp³-hybridized carbons (Fsp3) is 0.667. The third-order valence-electron chi connectivity index (χ3n) is 10.8. The highest BCUT2D eigenvalue weighted by atomic mass is 16.7. The van der Waals surface area contributed by atoms with Crippen LogP contribution in [0.4, 0.5) is 0 Å². The van der Waals surface area contributed by atoms with Gasteiger partial charge in [-0.1, -0.05) is 45.2 Å². The third kappa shape index (κ3) is 7.76. The van der Waals surface area contributed by atoms with Gasteiger partial charge in [0.1, 0.15) is 11.8 Å². The Hall–Kier alpha value is -4.00. The van der Waals surface area contributed by atoms with Crippen LogP contribution in [-0.2, 0) is 33.5 Å². The summed E-state index contributed by atoms with van der Waals surface area (Å²) < 4.78 is 16.4. The van der Waals surface area contributed by atoms with Crippen molar-refractivity contribution in [1.82, 2.24) is 10.2 Å². The van der Waals surface area contributed by atoms with E-state index < -0.39 is 46.6 Å². The van der Waals surface area contributed by atoms with Gasteiger partial charge < -0.3 is 35.0 Å². The molecule has 13 heteroatoms. The van der Waals surface area contributed by atoms with Crippen LogP contribution >= 0.6 is 0 Å². The highest BCUT2D eigenvalue weighted by molar-refractivity contribution is 6.37. The molecule has 6 rings (SSSR count). The number of amides is 3. The van der Waals surface area contributed by atoms with E-state index in [1.54, 1.807) is 6.07 Å². The van der Waals surface area contributed by atoms with Crippen LogP contribution in [0.3, 0.4) is 0 Å². The molecule has 3 amide bonds. The summed E-state index contributed by atoms with van der Waals surface area (Å²) in [7, 11) is 0. The molecule has 4 aliphatic heterocycles. The maximum Gasteiger partial charge on any atom is 0.287 e. The second kappa shape index (κ2) is 14.1. The normalized spacial score (nSPS) is 24.9. The van der Waals surface area contributed by atoms with Gasteiger partial charge in [0.15, 0.2) is 17.1 Å². The number of nitrogens with two attached hydrogens (primary N) is 1. The van der Waals surface area contributed by atoms with Crippen LogP contribution < -0.4 is 20.5 Å². The lowest BCUT2D eigenvalue weighted by Crippen LogP contribution is -2.55. The lowest BCUT2D eigenvalue weighted by molar-refractivity contribution is -0.147. The van der Waals surface area contributed by atoms with Crippen LogP contribution in [0.1, 0.15) is 90.5 Å². The molecule has 1 aromatic rings. The van der Waals surface area contributed by atoms with Gasteiger partial charge >= 0.3 is 0 Å². The van der Waals surface area contributed by atoms with E-state index in [1.807, 2.05) is 32.9 Å². The number of hydrogen-bond acceptors (Lipinski definition) is 10. The Morgan fingerprint density at radius 3 is 2.45 bits per heavy atom. The van der Waals surface area contributed by atoms with Crippen molar-refractivity contribution in [2.75, 3.05) is 26.6 Å². The number of carbonyl (C=O) groups excluding carboxylic acids is 5. The first-order chi connectivity index (χ1) is 23.3. The number of benzene rings is 1. The van der Waals surface area contributed by atoms with E-state index in [2.05, 4.69) is 10.5 Å². The first kappa shape index (κ1) is 34.8. The van der Waals surface area contributed by atoms with Crippen molar-refractivity contribution in [3.8, 4) is 11.5 Å². The smallest absolute Gasteiger partial charge is 0.287 e. The Balaban J connectivity index is 1.24. The highest BCUT2D eigenvalue weighted by Crippen LogP contribution is 2.43. The van der Waals surface area contributed by atoms with Gasteiger partial charge in [-0.2, -0.15) is 0 Å². The predicted octanol–water partition coefficient (Wildman–Crippen LogP) is 3.05. The molecule has 1 unspecified atom stereocenters. The maximum atomic E-state index is 14.6. The monoisotopic (exact) mass is 680 g/mol. The summed E-state index contributed by atoms with van der Waals surface area (Å²) in [4.78, 5) is 74.6. The van der Waals surface area contributed by atoms with Crippen molar-refractivity contribution in [2.45, 2.75) is 103 Å².